The van der Waals surface area contributed by atoms with Crippen molar-refractivity contribution in [3.8, 4) is 0 Å². The van der Waals surface area contributed by atoms with Gasteiger partial charge in [0.15, 0.2) is 0 Å². The minimum absolute atomic E-state index is 0.00595. The number of rotatable bonds is 6. The fraction of sp³-hybridized carbons (Fsp3) is 0.963. The van der Waals surface area contributed by atoms with Crippen LogP contribution in [0.5, 0.6) is 0 Å². The number of aliphatic hydroxyl groups excluding tert-OH is 1. The molecule has 10 atom stereocenters. The van der Waals surface area contributed by atoms with Crippen molar-refractivity contribution >= 4 is 5.97 Å². The summed E-state index contributed by atoms with van der Waals surface area (Å²) in [5.41, 5.74) is -0.435. The van der Waals surface area contributed by atoms with Gasteiger partial charge in [0.2, 0.25) is 0 Å². The quantitative estimate of drug-likeness (QED) is 0.543. The summed E-state index contributed by atoms with van der Waals surface area (Å²) in [4.78, 5) is 14.9. The maximum atomic E-state index is 12.4. The standard InChI is InChI=1S/C27H44N2O5/c1-29-13-12-26-22-17-8-9-20(30)23(22)34-24(26)18(10-11-27(26,33-2)21(29)15-17)28-19(25(31)32)14-16-6-4-3-5-7-16/h16-24,28,30H,3-15H2,1-2H3,(H,31,32)/t17?,18-,19-,20?,21?,22?,23?,24-,26-,27+/m0/s1. The molecule has 4 aliphatic carbocycles. The van der Waals surface area contributed by atoms with Crippen LogP contribution < -0.4 is 5.32 Å². The van der Waals surface area contributed by atoms with E-state index in [0.717, 1.165) is 57.9 Å². The summed E-state index contributed by atoms with van der Waals surface area (Å²) in [6.45, 7) is 1.01. The first kappa shape index (κ1) is 23.7. The van der Waals surface area contributed by atoms with Gasteiger partial charge >= 0.3 is 5.97 Å². The number of carboxylic acid groups (broad SMARTS) is 1. The van der Waals surface area contributed by atoms with Crippen molar-refractivity contribution in [2.45, 2.75) is 119 Å². The number of likely N-dealkylation sites (tertiary alicyclic amines) is 1. The number of piperidine rings is 1. The Morgan fingerprint density at radius 2 is 1.97 bits per heavy atom. The molecule has 4 saturated carbocycles. The fourth-order valence-electron chi connectivity index (χ4n) is 9.98. The second-order valence-electron chi connectivity index (χ2n) is 12.5. The molecule has 0 aromatic carbocycles. The van der Waals surface area contributed by atoms with Gasteiger partial charge in [0, 0.05) is 30.5 Å². The van der Waals surface area contributed by atoms with Crippen molar-refractivity contribution in [1.82, 2.24) is 10.2 Å². The molecule has 7 nitrogen and oxygen atoms in total. The molecule has 0 aromatic rings. The van der Waals surface area contributed by atoms with Gasteiger partial charge < -0.3 is 24.6 Å². The molecule has 34 heavy (non-hydrogen) atoms. The van der Waals surface area contributed by atoms with Gasteiger partial charge in [0.1, 0.15) is 6.04 Å². The summed E-state index contributed by atoms with van der Waals surface area (Å²) in [5, 5.41) is 24.8. The predicted molar refractivity (Wildman–Crippen MR) is 127 cm³/mol. The van der Waals surface area contributed by atoms with Gasteiger partial charge in [-0.3, -0.25) is 10.1 Å². The molecule has 6 rings (SSSR count). The maximum Gasteiger partial charge on any atom is 0.320 e. The van der Waals surface area contributed by atoms with Gasteiger partial charge in [0.25, 0.3) is 0 Å². The minimum atomic E-state index is -0.732. The first-order chi connectivity index (χ1) is 16.4. The smallest absolute Gasteiger partial charge is 0.320 e. The Bertz CT molecular complexity index is 789. The summed E-state index contributed by atoms with van der Waals surface area (Å²) in [7, 11) is 4.13. The molecule has 0 aromatic heterocycles. The highest BCUT2D eigenvalue weighted by molar-refractivity contribution is 5.73. The second-order valence-corrected chi connectivity index (χ2v) is 12.5. The van der Waals surface area contributed by atoms with Crippen molar-refractivity contribution in [2.24, 2.45) is 23.2 Å². The lowest BCUT2D eigenvalue weighted by atomic mass is 9.42. The minimum Gasteiger partial charge on any atom is -0.480 e. The van der Waals surface area contributed by atoms with Gasteiger partial charge in [-0.1, -0.05) is 32.1 Å². The Morgan fingerprint density at radius 1 is 1.18 bits per heavy atom. The number of aliphatic carboxylic acids is 1. The molecule has 192 valence electrons. The summed E-state index contributed by atoms with van der Waals surface area (Å²) in [6.07, 6.45) is 11.8. The number of nitrogens with zero attached hydrogens (tertiary/aromatic N) is 1. The van der Waals surface area contributed by atoms with E-state index in [1.165, 1.54) is 19.3 Å². The number of carboxylic acids is 1. The predicted octanol–water partition coefficient (Wildman–Crippen LogP) is 2.80. The SMILES string of the molecule is CO[C@]12CC[C@H](N[C@@H](CC3CCCCC3)C(=O)O)[C@@H]3OC4C(O)CCC5CC1N(C)CC[C@]32C54. The van der Waals surface area contributed by atoms with E-state index in [1.54, 1.807) is 0 Å². The monoisotopic (exact) mass is 476 g/mol. The van der Waals surface area contributed by atoms with E-state index in [2.05, 4.69) is 17.3 Å². The number of aliphatic hydroxyl groups is 1. The van der Waals surface area contributed by atoms with Crippen molar-refractivity contribution in [3.05, 3.63) is 0 Å². The van der Waals surface area contributed by atoms with E-state index in [0.29, 0.717) is 30.2 Å². The first-order valence-electron chi connectivity index (χ1n) is 14.0. The van der Waals surface area contributed by atoms with Crippen LogP contribution in [0.15, 0.2) is 0 Å². The average Bonchev–Trinajstić information content (AvgIpc) is 3.20. The molecule has 1 spiro atoms. The van der Waals surface area contributed by atoms with Gasteiger partial charge in [0.05, 0.1) is 23.9 Å². The van der Waals surface area contributed by atoms with E-state index < -0.39 is 18.1 Å². The molecule has 6 fully saturated rings. The van der Waals surface area contributed by atoms with Crippen molar-refractivity contribution in [3.63, 3.8) is 0 Å². The van der Waals surface area contributed by atoms with Crippen molar-refractivity contribution in [2.75, 3.05) is 20.7 Å². The van der Waals surface area contributed by atoms with E-state index in [4.69, 9.17) is 9.47 Å². The van der Waals surface area contributed by atoms with Gasteiger partial charge in [-0.05, 0) is 70.4 Å². The van der Waals surface area contributed by atoms with E-state index >= 15 is 0 Å². The highest BCUT2D eigenvalue weighted by Gasteiger charge is 2.78. The third-order valence-corrected chi connectivity index (χ3v) is 11.3. The Hall–Kier alpha value is -0.730. The van der Waals surface area contributed by atoms with Crippen LogP contribution in [-0.2, 0) is 14.3 Å². The van der Waals surface area contributed by atoms with Crippen molar-refractivity contribution < 1.29 is 24.5 Å². The third-order valence-electron chi connectivity index (χ3n) is 11.3. The van der Waals surface area contributed by atoms with E-state index in [-0.39, 0.29) is 29.3 Å². The van der Waals surface area contributed by atoms with Crippen LogP contribution in [0.4, 0.5) is 0 Å². The van der Waals surface area contributed by atoms with Crippen LogP contribution in [-0.4, -0.2) is 83.8 Å². The van der Waals surface area contributed by atoms with Crippen LogP contribution in [0.25, 0.3) is 0 Å². The lowest BCUT2D eigenvalue weighted by Crippen LogP contribution is -2.78. The van der Waals surface area contributed by atoms with Crippen LogP contribution >= 0.6 is 0 Å². The Balaban J connectivity index is 1.33. The molecule has 2 saturated heterocycles. The Morgan fingerprint density at radius 3 is 2.71 bits per heavy atom. The zero-order valence-corrected chi connectivity index (χ0v) is 21.0. The second kappa shape index (κ2) is 8.69. The van der Waals surface area contributed by atoms with Gasteiger partial charge in [-0.25, -0.2) is 0 Å². The first-order valence-corrected chi connectivity index (χ1v) is 14.0. The van der Waals surface area contributed by atoms with Crippen molar-refractivity contribution in [1.29, 1.82) is 0 Å². The largest absolute Gasteiger partial charge is 0.480 e. The molecule has 0 amide bonds. The molecule has 2 heterocycles. The number of likely N-dealkylation sites (N-methyl/N-ethyl adjacent to an activating group) is 1. The molecule has 2 bridgehead atoms. The molecular formula is C27H44N2O5. The Kier molecular flexibility index (Phi) is 6.04. The molecule has 2 aliphatic heterocycles. The number of carbonyl (C=O) groups is 1. The van der Waals surface area contributed by atoms with Crippen LogP contribution in [0.1, 0.15) is 77.0 Å². The Labute approximate surface area is 203 Å². The van der Waals surface area contributed by atoms with Gasteiger partial charge in [-0.2, -0.15) is 0 Å². The lowest BCUT2D eigenvalue weighted by molar-refractivity contribution is -0.269. The zero-order chi connectivity index (χ0) is 23.7. The number of hydrogen-bond donors (Lipinski definition) is 3. The molecule has 7 heteroatoms. The van der Waals surface area contributed by atoms with Crippen LogP contribution in [0, 0.1) is 23.2 Å². The molecule has 0 radical (unpaired) electrons. The summed E-state index contributed by atoms with van der Waals surface area (Å²) >= 11 is 0. The number of ether oxygens (including phenoxy) is 2. The number of methoxy groups -OCH3 is 1. The normalized spacial score (nSPS) is 49.4. The number of nitrogens with one attached hydrogen (secondary N) is 1. The maximum absolute atomic E-state index is 12.4. The van der Waals surface area contributed by atoms with Crippen LogP contribution in [0.3, 0.4) is 0 Å². The molecule has 6 aliphatic rings. The fourth-order valence-corrected chi connectivity index (χ4v) is 9.98. The van der Waals surface area contributed by atoms with Crippen LogP contribution in [0.2, 0.25) is 0 Å². The summed E-state index contributed by atoms with van der Waals surface area (Å²) in [6, 6.07) is -0.170. The zero-order valence-electron chi connectivity index (χ0n) is 21.0. The van der Waals surface area contributed by atoms with E-state index in [1.807, 2.05) is 7.11 Å². The summed E-state index contributed by atoms with van der Waals surface area (Å²) in [5.74, 6) is 0.621. The average molecular weight is 477 g/mol. The van der Waals surface area contributed by atoms with Gasteiger partial charge in [-0.15, -0.1) is 0 Å². The molecular weight excluding hydrogens is 432 g/mol. The topological polar surface area (TPSA) is 91.3 Å². The summed E-state index contributed by atoms with van der Waals surface area (Å²) < 4.78 is 13.4. The lowest BCUT2D eigenvalue weighted by Gasteiger charge is -2.69. The highest BCUT2D eigenvalue weighted by atomic mass is 16.5. The molecule has 3 N–H and O–H groups in total. The highest BCUT2D eigenvalue weighted by Crippen LogP contribution is 2.70. The molecule has 5 unspecified atom stereocenters. The third kappa shape index (κ3) is 3.22. The number of hydrogen-bond acceptors (Lipinski definition) is 6. The van der Waals surface area contributed by atoms with E-state index in [9.17, 15) is 15.0 Å².